The molecule has 0 bridgehead atoms. The van der Waals surface area contributed by atoms with E-state index in [9.17, 15) is 4.79 Å². The lowest BCUT2D eigenvalue weighted by Crippen LogP contribution is -3.12. The molecule has 0 atom stereocenters. The molecule has 0 aromatic heterocycles. The van der Waals surface area contributed by atoms with Crippen molar-refractivity contribution in [3.8, 4) is 0 Å². The minimum absolute atomic E-state index is 0.0312. The molecule has 0 saturated carbocycles. The minimum atomic E-state index is 0.0312. The van der Waals surface area contributed by atoms with Crippen molar-refractivity contribution in [2.45, 2.75) is 26.3 Å². The molecule has 1 amide bonds. The van der Waals surface area contributed by atoms with E-state index in [2.05, 4.69) is 24.4 Å². The Balaban J connectivity index is 1.83. The second-order valence-electron chi connectivity index (χ2n) is 5.35. The van der Waals surface area contributed by atoms with Crippen molar-refractivity contribution in [2.24, 2.45) is 0 Å². The quantitative estimate of drug-likeness (QED) is 0.749. The summed E-state index contributed by atoms with van der Waals surface area (Å²) in [6.45, 7) is 7.74. The second-order valence-corrected chi connectivity index (χ2v) is 5.35. The minimum Gasteiger partial charge on any atom is -0.370 e. The first-order valence-electron chi connectivity index (χ1n) is 7.58. The van der Waals surface area contributed by atoms with Gasteiger partial charge in [0.05, 0.1) is 13.2 Å². The van der Waals surface area contributed by atoms with E-state index in [0.717, 1.165) is 57.8 Å². The number of quaternary nitrogens is 1. The fourth-order valence-electron chi connectivity index (χ4n) is 2.38. The molecule has 2 N–H and O–H groups in total. The topological polar surface area (TPSA) is 42.8 Å². The van der Waals surface area contributed by atoms with Gasteiger partial charge in [-0.05, 0) is 18.6 Å². The van der Waals surface area contributed by atoms with E-state index in [4.69, 9.17) is 4.74 Å². The van der Waals surface area contributed by atoms with Gasteiger partial charge in [-0.15, -0.1) is 0 Å². The smallest absolute Gasteiger partial charge is 0.251 e. The molecule has 1 heterocycles. The Morgan fingerprint density at radius 1 is 1.25 bits per heavy atom. The van der Waals surface area contributed by atoms with Crippen LogP contribution in [-0.2, 0) is 11.3 Å². The highest BCUT2D eigenvalue weighted by Gasteiger charge is 2.14. The molecule has 0 radical (unpaired) electrons. The third-order valence-corrected chi connectivity index (χ3v) is 3.69. The Morgan fingerprint density at radius 3 is 2.60 bits per heavy atom. The summed E-state index contributed by atoms with van der Waals surface area (Å²) in [6.07, 6.45) is 2.13. The van der Waals surface area contributed by atoms with E-state index < -0.39 is 0 Å². The van der Waals surface area contributed by atoms with Gasteiger partial charge in [0.1, 0.15) is 19.6 Å². The zero-order valence-electron chi connectivity index (χ0n) is 12.3. The van der Waals surface area contributed by atoms with Crippen LogP contribution in [0.15, 0.2) is 24.3 Å². The van der Waals surface area contributed by atoms with E-state index in [-0.39, 0.29) is 5.91 Å². The van der Waals surface area contributed by atoms with Gasteiger partial charge in [0.15, 0.2) is 0 Å². The molecule has 1 fully saturated rings. The second kappa shape index (κ2) is 8.02. The lowest BCUT2D eigenvalue weighted by atomic mass is 10.1. The highest BCUT2D eigenvalue weighted by Crippen LogP contribution is 2.04. The molecule has 0 aliphatic carbocycles. The molecule has 2 rings (SSSR count). The van der Waals surface area contributed by atoms with Crippen LogP contribution < -0.4 is 10.2 Å². The Kier molecular flexibility index (Phi) is 6.02. The SMILES string of the molecule is CCCCNC(=O)c1ccc(C[NH+]2CCOCC2)cc1. The standard InChI is InChI=1S/C16H24N2O2/c1-2-3-8-17-16(19)15-6-4-14(5-7-15)13-18-9-11-20-12-10-18/h4-7H,2-3,8-13H2,1H3,(H,17,19)/p+1. The van der Waals surface area contributed by atoms with Crippen LogP contribution >= 0.6 is 0 Å². The van der Waals surface area contributed by atoms with Gasteiger partial charge in [0, 0.05) is 17.7 Å². The lowest BCUT2D eigenvalue weighted by molar-refractivity contribution is -0.921. The van der Waals surface area contributed by atoms with E-state index in [0.29, 0.717) is 0 Å². The Morgan fingerprint density at radius 2 is 1.95 bits per heavy atom. The monoisotopic (exact) mass is 277 g/mol. The number of benzene rings is 1. The molecule has 4 heteroatoms. The summed E-state index contributed by atoms with van der Waals surface area (Å²) >= 11 is 0. The van der Waals surface area contributed by atoms with Crippen molar-refractivity contribution < 1.29 is 14.4 Å². The van der Waals surface area contributed by atoms with Crippen LogP contribution in [-0.4, -0.2) is 38.8 Å². The predicted molar refractivity (Wildman–Crippen MR) is 78.9 cm³/mol. The number of rotatable bonds is 6. The maximum atomic E-state index is 11.9. The van der Waals surface area contributed by atoms with E-state index in [1.165, 1.54) is 5.56 Å². The molecular formula is C16H25N2O2+. The van der Waals surface area contributed by atoms with E-state index in [1.54, 1.807) is 4.90 Å². The number of hydrogen-bond donors (Lipinski definition) is 2. The molecule has 1 aliphatic rings. The number of carbonyl (C=O) groups is 1. The molecule has 1 aliphatic heterocycles. The maximum Gasteiger partial charge on any atom is 0.251 e. The lowest BCUT2D eigenvalue weighted by Gasteiger charge is -2.23. The third kappa shape index (κ3) is 4.62. The van der Waals surface area contributed by atoms with Gasteiger partial charge < -0.3 is 15.0 Å². The number of carbonyl (C=O) groups excluding carboxylic acids is 1. The van der Waals surface area contributed by atoms with Crippen molar-refractivity contribution in [3.05, 3.63) is 35.4 Å². The first-order chi connectivity index (χ1) is 9.79. The first kappa shape index (κ1) is 15.0. The molecule has 0 spiro atoms. The van der Waals surface area contributed by atoms with Crippen LogP contribution in [0.5, 0.6) is 0 Å². The number of amides is 1. The van der Waals surface area contributed by atoms with Crippen molar-refractivity contribution in [1.82, 2.24) is 5.32 Å². The highest BCUT2D eigenvalue weighted by atomic mass is 16.5. The molecule has 0 unspecified atom stereocenters. The number of morpholine rings is 1. The van der Waals surface area contributed by atoms with Gasteiger partial charge in [-0.1, -0.05) is 25.5 Å². The van der Waals surface area contributed by atoms with Crippen molar-refractivity contribution >= 4 is 5.91 Å². The van der Waals surface area contributed by atoms with Crippen LogP contribution in [0.4, 0.5) is 0 Å². The van der Waals surface area contributed by atoms with Gasteiger partial charge in [0.25, 0.3) is 5.91 Å². The van der Waals surface area contributed by atoms with Crippen LogP contribution in [0, 0.1) is 0 Å². The summed E-state index contributed by atoms with van der Waals surface area (Å²) < 4.78 is 5.36. The third-order valence-electron chi connectivity index (χ3n) is 3.69. The summed E-state index contributed by atoms with van der Waals surface area (Å²) in [5, 5.41) is 2.94. The van der Waals surface area contributed by atoms with Crippen molar-refractivity contribution in [3.63, 3.8) is 0 Å². The number of unbranched alkanes of at least 4 members (excludes halogenated alkanes) is 1. The molecule has 1 saturated heterocycles. The molecule has 1 aromatic carbocycles. The first-order valence-corrected chi connectivity index (χ1v) is 7.58. The molecular weight excluding hydrogens is 252 g/mol. The average molecular weight is 277 g/mol. The number of hydrogen-bond acceptors (Lipinski definition) is 2. The van der Waals surface area contributed by atoms with Crippen LogP contribution in [0.1, 0.15) is 35.7 Å². The summed E-state index contributed by atoms with van der Waals surface area (Å²) in [6, 6.07) is 7.99. The fourth-order valence-corrected chi connectivity index (χ4v) is 2.38. The molecule has 110 valence electrons. The zero-order valence-corrected chi connectivity index (χ0v) is 12.3. The Bertz CT molecular complexity index is 411. The molecule has 20 heavy (non-hydrogen) atoms. The van der Waals surface area contributed by atoms with Crippen LogP contribution in [0.2, 0.25) is 0 Å². The van der Waals surface area contributed by atoms with Crippen molar-refractivity contribution in [1.29, 1.82) is 0 Å². The summed E-state index contributed by atoms with van der Waals surface area (Å²) in [5.41, 5.74) is 2.04. The van der Waals surface area contributed by atoms with E-state index in [1.807, 2.05) is 12.1 Å². The van der Waals surface area contributed by atoms with Crippen LogP contribution in [0.3, 0.4) is 0 Å². The summed E-state index contributed by atoms with van der Waals surface area (Å²) in [5.74, 6) is 0.0312. The Labute approximate surface area is 121 Å². The normalized spacial score (nSPS) is 16.1. The summed E-state index contributed by atoms with van der Waals surface area (Å²) in [7, 11) is 0. The largest absolute Gasteiger partial charge is 0.370 e. The van der Waals surface area contributed by atoms with Gasteiger partial charge in [0.2, 0.25) is 0 Å². The fraction of sp³-hybridized carbons (Fsp3) is 0.562. The molecule has 4 nitrogen and oxygen atoms in total. The average Bonchev–Trinajstić information content (AvgIpc) is 2.49. The molecule has 1 aromatic rings. The Hall–Kier alpha value is -1.39. The van der Waals surface area contributed by atoms with Gasteiger partial charge >= 0.3 is 0 Å². The number of nitrogens with one attached hydrogen (secondary N) is 2. The number of ether oxygens (including phenoxy) is 1. The maximum absolute atomic E-state index is 11.9. The van der Waals surface area contributed by atoms with Gasteiger partial charge in [-0.25, -0.2) is 0 Å². The summed E-state index contributed by atoms with van der Waals surface area (Å²) in [4.78, 5) is 13.4. The predicted octanol–water partition coefficient (Wildman–Crippen LogP) is 0.632. The highest BCUT2D eigenvalue weighted by molar-refractivity contribution is 5.94. The van der Waals surface area contributed by atoms with E-state index >= 15 is 0 Å². The van der Waals surface area contributed by atoms with Crippen molar-refractivity contribution in [2.75, 3.05) is 32.8 Å². The van der Waals surface area contributed by atoms with Crippen LogP contribution in [0.25, 0.3) is 0 Å². The van der Waals surface area contributed by atoms with Gasteiger partial charge in [-0.3, -0.25) is 4.79 Å². The zero-order chi connectivity index (χ0) is 14.2. The van der Waals surface area contributed by atoms with Gasteiger partial charge in [-0.2, -0.15) is 0 Å².